The third-order valence-corrected chi connectivity index (χ3v) is 3.76. The van der Waals surface area contributed by atoms with Crippen LogP contribution < -0.4 is 15.5 Å². The molecular weight excluding hydrogens is 288 g/mol. The highest BCUT2D eigenvalue weighted by molar-refractivity contribution is 7.84. The van der Waals surface area contributed by atoms with E-state index in [4.69, 9.17) is 0 Å². The molecule has 1 atom stereocenters. The van der Waals surface area contributed by atoms with Crippen molar-refractivity contribution in [3.8, 4) is 0 Å². The highest BCUT2D eigenvalue weighted by Gasteiger charge is 2.10. The van der Waals surface area contributed by atoms with Crippen molar-refractivity contribution >= 4 is 28.6 Å². The van der Waals surface area contributed by atoms with Gasteiger partial charge < -0.3 is 15.5 Å². The van der Waals surface area contributed by atoms with E-state index in [9.17, 15) is 4.21 Å². The molecule has 0 aliphatic carbocycles. The summed E-state index contributed by atoms with van der Waals surface area (Å²) in [6.45, 7) is 9.31. The molecule has 0 aliphatic heterocycles. The van der Waals surface area contributed by atoms with Gasteiger partial charge in [0.2, 0.25) is 17.8 Å². The van der Waals surface area contributed by atoms with Crippen molar-refractivity contribution in [2.45, 2.75) is 27.2 Å². The van der Waals surface area contributed by atoms with Gasteiger partial charge in [-0.2, -0.15) is 15.0 Å². The number of anilines is 3. The maximum absolute atomic E-state index is 11.0. The van der Waals surface area contributed by atoms with Gasteiger partial charge in [-0.15, -0.1) is 0 Å². The van der Waals surface area contributed by atoms with Crippen LogP contribution in [-0.4, -0.2) is 57.3 Å². The monoisotopic (exact) mass is 314 g/mol. The Bertz CT molecular complexity index is 452. The standard InChI is InChI=1S/C13H26N6OS/c1-5-14-11-16-12(15-9-8-10-21(4)20)18-13(17-11)19(6-2)7-3/h5-10H2,1-4H3,(H2,14,15,16,17,18). The van der Waals surface area contributed by atoms with E-state index in [-0.39, 0.29) is 0 Å². The van der Waals surface area contributed by atoms with Crippen LogP contribution in [0.1, 0.15) is 27.2 Å². The Morgan fingerprint density at radius 3 is 2.19 bits per heavy atom. The molecule has 0 saturated heterocycles. The Morgan fingerprint density at radius 2 is 1.67 bits per heavy atom. The molecule has 1 unspecified atom stereocenters. The second-order valence-corrected chi connectivity index (χ2v) is 6.10. The minimum absolute atomic E-state index is 0.560. The molecule has 1 aromatic rings. The maximum Gasteiger partial charge on any atom is 0.231 e. The van der Waals surface area contributed by atoms with E-state index in [0.29, 0.717) is 30.1 Å². The largest absolute Gasteiger partial charge is 0.354 e. The zero-order chi connectivity index (χ0) is 15.7. The summed E-state index contributed by atoms with van der Waals surface area (Å²) in [6, 6.07) is 0. The maximum atomic E-state index is 11.0. The van der Waals surface area contributed by atoms with Crippen LogP contribution in [0.4, 0.5) is 17.8 Å². The summed E-state index contributed by atoms with van der Waals surface area (Å²) in [5, 5.41) is 6.30. The van der Waals surface area contributed by atoms with E-state index >= 15 is 0 Å². The Balaban J connectivity index is 2.78. The average Bonchev–Trinajstić information content (AvgIpc) is 2.45. The van der Waals surface area contributed by atoms with Gasteiger partial charge in [0.25, 0.3) is 0 Å². The first-order valence-corrected chi connectivity index (χ1v) is 9.12. The molecule has 120 valence electrons. The molecule has 1 rings (SSSR count). The molecule has 0 saturated carbocycles. The summed E-state index contributed by atoms with van der Waals surface area (Å²) in [6.07, 6.45) is 2.54. The number of nitrogens with one attached hydrogen (secondary N) is 2. The topological polar surface area (TPSA) is 83.0 Å². The van der Waals surface area contributed by atoms with E-state index in [0.717, 1.165) is 26.1 Å². The highest BCUT2D eigenvalue weighted by Crippen LogP contribution is 2.13. The zero-order valence-electron chi connectivity index (χ0n) is 13.3. The molecule has 0 radical (unpaired) electrons. The Hall–Kier alpha value is -1.44. The molecule has 0 aliphatic rings. The first-order chi connectivity index (χ1) is 10.1. The molecule has 7 nitrogen and oxygen atoms in total. The fraction of sp³-hybridized carbons (Fsp3) is 0.769. The Kier molecular flexibility index (Phi) is 7.96. The predicted octanol–water partition coefficient (Wildman–Crippen LogP) is 1.33. The molecule has 0 bridgehead atoms. The van der Waals surface area contributed by atoms with Crippen LogP contribution in [0.15, 0.2) is 0 Å². The van der Waals surface area contributed by atoms with Gasteiger partial charge in [0, 0.05) is 49.0 Å². The summed E-state index contributed by atoms with van der Waals surface area (Å²) >= 11 is 0. The van der Waals surface area contributed by atoms with Gasteiger partial charge in [-0.1, -0.05) is 0 Å². The minimum Gasteiger partial charge on any atom is -0.354 e. The van der Waals surface area contributed by atoms with Crippen molar-refractivity contribution in [1.29, 1.82) is 0 Å². The number of aromatic nitrogens is 3. The van der Waals surface area contributed by atoms with Gasteiger partial charge >= 0.3 is 0 Å². The van der Waals surface area contributed by atoms with Crippen molar-refractivity contribution in [3.63, 3.8) is 0 Å². The first-order valence-electron chi connectivity index (χ1n) is 7.39. The van der Waals surface area contributed by atoms with Gasteiger partial charge in [-0.05, 0) is 27.2 Å². The van der Waals surface area contributed by atoms with Crippen molar-refractivity contribution in [2.75, 3.05) is 53.7 Å². The fourth-order valence-corrected chi connectivity index (χ4v) is 2.36. The predicted molar refractivity (Wildman–Crippen MR) is 89.6 cm³/mol. The summed E-state index contributed by atoms with van der Waals surface area (Å²) in [4.78, 5) is 15.3. The van der Waals surface area contributed by atoms with Crippen LogP contribution >= 0.6 is 0 Å². The fourth-order valence-electron chi connectivity index (χ4n) is 1.80. The molecule has 0 aromatic carbocycles. The molecule has 1 heterocycles. The molecule has 1 aromatic heterocycles. The number of rotatable bonds is 10. The molecule has 2 N–H and O–H groups in total. The third-order valence-electron chi connectivity index (χ3n) is 2.90. The van der Waals surface area contributed by atoms with Crippen molar-refractivity contribution in [2.24, 2.45) is 0 Å². The molecule has 8 heteroatoms. The van der Waals surface area contributed by atoms with E-state index < -0.39 is 10.8 Å². The minimum atomic E-state index is -0.759. The van der Waals surface area contributed by atoms with Gasteiger partial charge in [0.15, 0.2) is 0 Å². The van der Waals surface area contributed by atoms with Gasteiger partial charge in [-0.3, -0.25) is 4.21 Å². The quantitative estimate of drug-likeness (QED) is 0.630. The first kappa shape index (κ1) is 17.6. The lowest BCUT2D eigenvalue weighted by Gasteiger charge is -2.19. The molecule has 21 heavy (non-hydrogen) atoms. The van der Waals surface area contributed by atoms with Crippen LogP contribution in [0, 0.1) is 0 Å². The summed E-state index contributed by atoms with van der Waals surface area (Å²) in [5.74, 6) is 2.49. The lowest BCUT2D eigenvalue weighted by atomic mass is 10.5. The third kappa shape index (κ3) is 6.24. The van der Waals surface area contributed by atoms with Crippen LogP contribution in [0.2, 0.25) is 0 Å². The normalized spacial score (nSPS) is 12.0. The number of hydrogen-bond donors (Lipinski definition) is 2. The van der Waals surface area contributed by atoms with E-state index in [2.05, 4.69) is 44.3 Å². The summed E-state index contributed by atoms with van der Waals surface area (Å²) < 4.78 is 11.0. The van der Waals surface area contributed by atoms with Gasteiger partial charge in [0.1, 0.15) is 0 Å². The van der Waals surface area contributed by atoms with Crippen molar-refractivity contribution < 1.29 is 4.21 Å². The molecule has 0 amide bonds. The molecule has 0 fully saturated rings. The lowest BCUT2D eigenvalue weighted by Crippen LogP contribution is -2.25. The van der Waals surface area contributed by atoms with Crippen molar-refractivity contribution in [3.05, 3.63) is 0 Å². The number of hydrogen-bond acceptors (Lipinski definition) is 7. The van der Waals surface area contributed by atoms with Crippen LogP contribution in [0.5, 0.6) is 0 Å². The second-order valence-electron chi connectivity index (χ2n) is 4.54. The molecule has 0 spiro atoms. The van der Waals surface area contributed by atoms with Crippen LogP contribution in [0.3, 0.4) is 0 Å². The van der Waals surface area contributed by atoms with Gasteiger partial charge in [0.05, 0.1) is 0 Å². The summed E-state index contributed by atoms with van der Waals surface area (Å²) in [5.41, 5.74) is 0. The SMILES string of the molecule is CCNc1nc(NCCCS(C)=O)nc(N(CC)CC)n1. The average molecular weight is 314 g/mol. The van der Waals surface area contributed by atoms with E-state index in [1.54, 1.807) is 6.26 Å². The number of nitrogens with zero attached hydrogens (tertiary/aromatic N) is 4. The zero-order valence-corrected chi connectivity index (χ0v) is 14.2. The van der Waals surface area contributed by atoms with Crippen LogP contribution in [-0.2, 0) is 10.8 Å². The molecular formula is C13H26N6OS. The van der Waals surface area contributed by atoms with E-state index in [1.165, 1.54) is 0 Å². The van der Waals surface area contributed by atoms with Crippen LogP contribution in [0.25, 0.3) is 0 Å². The second kappa shape index (κ2) is 9.49. The lowest BCUT2D eigenvalue weighted by molar-refractivity contribution is 0.685. The van der Waals surface area contributed by atoms with Gasteiger partial charge in [-0.25, -0.2) is 0 Å². The van der Waals surface area contributed by atoms with E-state index in [1.807, 2.05) is 6.92 Å². The Labute approximate surface area is 129 Å². The Morgan fingerprint density at radius 1 is 1.05 bits per heavy atom. The highest BCUT2D eigenvalue weighted by atomic mass is 32.2. The smallest absolute Gasteiger partial charge is 0.231 e. The summed E-state index contributed by atoms with van der Waals surface area (Å²) in [7, 11) is -0.759. The van der Waals surface area contributed by atoms with Crippen molar-refractivity contribution in [1.82, 2.24) is 15.0 Å².